The van der Waals surface area contributed by atoms with Crippen LogP contribution in [-0.2, 0) is 9.53 Å². The number of hydrazone groups is 1. The first-order chi connectivity index (χ1) is 9.04. The van der Waals surface area contributed by atoms with Gasteiger partial charge in [0.15, 0.2) is 0 Å². The number of ether oxygens (including phenoxy) is 1. The molecular weight excluding hydrogens is 252 g/mol. The Balaban J connectivity index is 2.88. The van der Waals surface area contributed by atoms with Crippen molar-refractivity contribution in [3.8, 4) is 0 Å². The molecule has 0 unspecified atom stereocenters. The highest BCUT2D eigenvalue weighted by Gasteiger charge is 2.12. The summed E-state index contributed by atoms with van der Waals surface area (Å²) in [6.07, 6.45) is -0.179. The van der Waals surface area contributed by atoms with Gasteiger partial charge in [0.1, 0.15) is 12.1 Å². The van der Waals surface area contributed by atoms with E-state index in [4.69, 9.17) is 10.5 Å². The van der Waals surface area contributed by atoms with Gasteiger partial charge in [-0.2, -0.15) is 0 Å². The molecule has 1 rings (SSSR count). The Morgan fingerprint density at radius 2 is 2.21 bits per heavy atom. The van der Waals surface area contributed by atoms with Crippen molar-refractivity contribution in [1.82, 2.24) is 0 Å². The molecule has 3 N–H and O–H groups in total. The van der Waals surface area contributed by atoms with Crippen LogP contribution in [0.25, 0.3) is 0 Å². The lowest BCUT2D eigenvalue weighted by Crippen LogP contribution is -2.19. The zero-order valence-corrected chi connectivity index (χ0v) is 10.3. The third-order valence-corrected chi connectivity index (χ3v) is 2.04. The van der Waals surface area contributed by atoms with E-state index in [0.717, 1.165) is 0 Å². The molecule has 0 aromatic heterocycles. The number of nitro benzene ring substituents is 1. The van der Waals surface area contributed by atoms with Crippen molar-refractivity contribution in [2.75, 3.05) is 12.0 Å². The fourth-order valence-corrected chi connectivity index (χ4v) is 1.29. The highest BCUT2D eigenvalue weighted by atomic mass is 16.6. The van der Waals surface area contributed by atoms with Gasteiger partial charge in [-0.1, -0.05) is 12.1 Å². The Morgan fingerprint density at radius 3 is 2.79 bits per heavy atom. The summed E-state index contributed by atoms with van der Waals surface area (Å²) in [5, 5.41) is 14.6. The normalized spacial score (nSPS) is 10.9. The van der Waals surface area contributed by atoms with Crippen LogP contribution in [0.4, 0.5) is 11.4 Å². The molecule has 1 aromatic carbocycles. The van der Waals surface area contributed by atoms with Gasteiger partial charge in [0.25, 0.3) is 5.69 Å². The van der Waals surface area contributed by atoms with E-state index in [1.165, 1.54) is 12.1 Å². The first-order valence-corrected chi connectivity index (χ1v) is 5.51. The molecule has 0 saturated heterocycles. The van der Waals surface area contributed by atoms with Crippen molar-refractivity contribution in [2.24, 2.45) is 10.8 Å². The molecule has 8 heteroatoms. The summed E-state index contributed by atoms with van der Waals surface area (Å²) in [6.45, 7) is 2.03. The number of benzene rings is 1. The highest BCUT2D eigenvalue weighted by molar-refractivity contribution is 5.96. The number of primary amides is 1. The van der Waals surface area contributed by atoms with Crippen molar-refractivity contribution >= 4 is 23.2 Å². The van der Waals surface area contributed by atoms with Crippen LogP contribution in [0.3, 0.4) is 0 Å². The standard InChI is InChI=1S/C11H14N4O4/c1-2-19-11(7-10(12)16)14-13-8-5-3-4-6-9(8)15(17)18/h3-6,13H,2,7H2,1H3,(H2,12,16)/b14-11-. The number of rotatable bonds is 6. The van der Waals surface area contributed by atoms with Gasteiger partial charge >= 0.3 is 0 Å². The van der Waals surface area contributed by atoms with Gasteiger partial charge < -0.3 is 10.5 Å². The number of nitro groups is 1. The van der Waals surface area contributed by atoms with E-state index in [1.807, 2.05) is 0 Å². The molecule has 0 atom stereocenters. The SMILES string of the molecule is CCO/C(CC(N)=O)=N\Nc1ccccc1[N+](=O)[O-]. The summed E-state index contributed by atoms with van der Waals surface area (Å²) in [6, 6.07) is 6.00. The molecule has 0 heterocycles. The summed E-state index contributed by atoms with van der Waals surface area (Å²) in [7, 11) is 0. The number of carbonyl (C=O) groups is 1. The minimum absolute atomic E-state index is 0.0770. The minimum atomic E-state index is -0.600. The first-order valence-electron chi connectivity index (χ1n) is 5.51. The van der Waals surface area contributed by atoms with Crippen molar-refractivity contribution in [3.05, 3.63) is 34.4 Å². The molecule has 0 spiro atoms. The van der Waals surface area contributed by atoms with Crippen LogP contribution in [0.1, 0.15) is 13.3 Å². The fraction of sp³-hybridized carbons (Fsp3) is 0.273. The van der Waals surface area contributed by atoms with E-state index in [1.54, 1.807) is 19.1 Å². The van der Waals surface area contributed by atoms with Crippen molar-refractivity contribution < 1.29 is 14.5 Å². The van der Waals surface area contributed by atoms with Crippen molar-refractivity contribution in [2.45, 2.75) is 13.3 Å². The third kappa shape index (κ3) is 4.62. The molecule has 0 bridgehead atoms. The van der Waals surface area contributed by atoms with Gasteiger partial charge in [-0.05, 0) is 13.0 Å². The lowest BCUT2D eigenvalue weighted by atomic mass is 10.3. The Morgan fingerprint density at radius 1 is 1.53 bits per heavy atom. The number of amides is 1. The molecule has 1 amide bonds. The molecule has 0 aliphatic rings. The summed E-state index contributed by atoms with van der Waals surface area (Å²) in [4.78, 5) is 21.0. The van der Waals surface area contributed by atoms with Gasteiger partial charge in [0.05, 0.1) is 11.5 Å². The number of anilines is 1. The van der Waals surface area contributed by atoms with Crippen LogP contribution < -0.4 is 11.2 Å². The third-order valence-electron chi connectivity index (χ3n) is 2.04. The smallest absolute Gasteiger partial charge is 0.294 e. The molecule has 0 saturated carbocycles. The largest absolute Gasteiger partial charge is 0.480 e. The van der Waals surface area contributed by atoms with Gasteiger partial charge in [-0.3, -0.25) is 20.3 Å². The van der Waals surface area contributed by atoms with Crippen LogP contribution in [0.2, 0.25) is 0 Å². The number of nitrogens with two attached hydrogens (primary N) is 1. The topological polar surface area (TPSA) is 120 Å². The summed E-state index contributed by atoms with van der Waals surface area (Å²) >= 11 is 0. The maximum atomic E-state index is 10.8. The maximum absolute atomic E-state index is 10.8. The van der Waals surface area contributed by atoms with Gasteiger partial charge in [-0.25, -0.2) is 0 Å². The maximum Gasteiger partial charge on any atom is 0.294 e. The second-order valence-corrected chi connectivity index (χ2v) is 3.47. The number of para-hydroxylation sites is 2. The molecule has 0 aliphatic heterocycles. The minimum Gasteiger partial charge on any atom is -0.480 e. The lowest BCUT2D eigenvalue weighted by molar-refractivity contribution is -0.384. The van der Waals surface area contributed by atoms with Crippen LogP contribution in [0, 0.1) is 10.1 Å². The van der Waals surface area contributed by atoms with Crippen LogP contribution in [-0.4, -0.2) is 23.3 Å². The number of nitrogens with zero attached hydrogens (tertiary/aromatic N) is 2. The van der Waals surface area contributed by atoms with Crippen molar-refractivity contribution in [3.63, 3.8) is 0 Å². The second kappa shape index (κ2) is 6.94. The molecule has 1 aromatic rings. The second-order valence-electron chi connectivity index (χ2n) is 3.47. The predicted octanol–water partition coefficient (Wildman–Crippen LogP) is 1.23. The zero-order valence-electron chi connectivity index (χ0n) is 10.3. The lowest BCUT2D eigenvalue weighted by Gasteiger charge is -2.06. The Labute approximate surface area is 109 Å². The first kappa shape index (κ1) is 14.4. The molecule has 0 aliphatic carbocycles. The molecule has 19 heavy (non-hydrogen) atoms. The van der Waals surface area contributed by atoms with E-state index < -0.39 is 10.8 Å². The Kier molecular flexibility index (Phi) is 5.27. The Hall–Kier alpha value is -2.64. The van der Waals surface area contributed by atoms with E-state index in [-0.39, 0.29) is 23.7 Å². The molecule has 8 nitrogen and oxygen atoms in total. The average molecular weight is 266 g/mol. The van der Waals surface area contributed by atoms with E-state index >= 15 is 0 Å². The molecule has 102 valence electrons. The summed E-state index contributed by atoms with van der Waals surface area (Å²) in [5.74, 6) is -0.523. The quantitative estimate of drug-likeness (QED) is 0.347. The van der Waals surface area contributed by atoms with Crippen LogP contribution >= 0.6 is 0 Å². The number of nitrogens with one attached hydrogen (secondary N) is 1. The highest BCUT2D eigenvalue weighted by Crippen LogP contribution is 2.23. The van der Waals surface area contributed by atoms with Gasteiger partial charge in [0, 0.05) is 6.07 Å². The average Bonchev–Trinajstić information content (AvgIpc) is 2.36. The van der Waals surface area contributed by atoms with Gasteiger partial charge in [-0.15, -0.1) is 5.10 Å². The van der Waals surface area contributed by atoms with E-state index in [2.05, 4.69) is 10.5 Å². The summed E-state index contributed by atoms with van der Waals surface area (Å²) in [5.41, 5.74) is 7.61. The predicted molar refractivity (Wildman–Crippen MR) is 69.6 cm³/mol. The van der Waals surface area contributed by atoms with Crippen molar-refractivity contribution in [1.29, 1.82) is 0 Å². The van der Waals surface area contributed by atoms with Gasteiger partial charge in [0.2, 0.25) is 11.8 Å². The number of carbonyl (C=O) groups excluding carboxylic acids is 1. The van der Waals surface area contributed by atoms with E-state index in [9.17, 15) is 14.9 Å². The number of hydrogen-bond donors (Lipinski definition) is 2. The molecule has 0 radical (unpaired) electrons. The van der Waals surface area contributed by atoms with Crippen LogP contribution in [0.5, 0.6) is 0 Å². The fourth-order valence-electron chi connectivity index (χ4n) is 1.29. The monoisotopic (exact) mass is 266 g/mol. The zero-order chi connectivity index (χ0) is 14.3. The Bertz CT molecular complexity index is 501. The van der Waals surface area contributed by atoms with Crippen LogP contribution in [0.15, 0.2) is 29.4 Å². The summed E-state index contributed by atoms with van der Waals surface area (Å²) < 4.78 is 5.09. The molecular formula is C11H14N4O4. The molecule has 0 fully saturated rings. The van der Waals surface area contributed by atoms with E-state index in [0.29, 0.717) is 6.61 Å². The number of hydrogen-bond acceptors (Lipinski definition) is 6.